The highest BCUT2D eigenvalue weighted by atomic mass is 32.2. The number of amidine groups is 1. The summed E-state index contributed by atoms with van der Waals surface area (Å²) < 4.78 is 29.1. The van der Waals surface area contributed by atoms with Gasteiger partial charge in [0.1, 0.15) is 5.84 Å². The maximum absolute atomic E-state index is 13.0. The Bertz CT molecular complexity index is 1190. The van der Waals surface area contributed by atoms with Crippen molar-refractivity contribution in [3.8, 4) is 0 Å². The Hall–Kier alpha value is -2.98. The Morgan fingerprint density at radius 3 is 2.74 bits per heavy atom. The number of likely N-dealkylation sites (N-methyl/N-ethyl adjacent to an activating group) is 1. The molecule has 2 aromatic rings. The van der Waals surface area contributed by atoms with Crippen molar-refractivity contribution in [2.24, 2.45) is 4.40 Å². The van der Waals surface area contributed by atoms with Crippen LogP contribution < -0.4 is 5.32 Å². The molecule has 4 rings (SSSR count). The molecule has 31 heavy (non-hydrogen) atoms. The molecular formula is C21H26N6O3S. The first-order valence-corrected chi connectivity index (χ1v) is 12.0. The van der Waals surface area contributed by atoms with Gasteiger partial charge in [-0.3, -0.25) is 10.1 Å². The lowest BCUT2D eigenvalue weighted by molar-refractivity contribution is -0.112. The fourth-order valence-electron chi connectivity index (χ4n) is 3.69. The molecule has 0 bridgehead atoms. The van der Waals surface area contributed by atoms with Crippen molar-refractivity contribution in [3.05, 3.63) is 48.2 Å². The Kier molecular flexibility index (Phi) is 5.92. The highest BCUT2D eigenvalue weighted by Gasteiger charge is 2.25. The van der Waals surface area contributed by atoms with Crippen molar-refractivity contribution in [2.45, 2.75) is 20.4 Å². The van der Waals surface area contributed by atoms with Crippen LogP contribution in [0.2, 0.25) is 0 Å². The van der Waals surface area contributed by atoms with Gasteiger partial charge in [0.2, 0.25) is 5.95 Å². The molecule has 0 radical (unpaired) electrons. The van der Waals surface area contributed by atoms with Gasteiger partial charge in [-0.05, 0) is 37.4 Å². The summed E-state index contributed by atoms with van der Waals surface area (Å²) in [5.74, 6) is 0.447. The maximum atomic E-state index is 13.0. The average molecular weight is 443 g/mol. The minimum absolute atomic E-state index is 0.0725. The van der Waals surface area contributed by atoms with Crippen LogP contribution in [0, 0.1) is 0 Å². The number of fused-ring (bicyclic) bond motifs is 2. The predicted molar refractivity (Wildman–Crippen MR) is 121 cm³/mol. The standard InChI is InChI=1S/C21H26N6O3S/c1-3-25(4-2)11-12-27-18-8-6-5-7-17(18)22-21(27)23-20(28)16-9-10-19-24-31(29,30)14-13-26(19)15-16/h5-10,15H,3-4,11-14H2,1-2H3,(H,22,23,28). The summed E-state index contributed by atoms with van der Waals surface area (Å²) in [6.45, 7) is 7.99. The van der Waals surface area contributed by atoms with Crippen molar-refractivity contribution >= 4 is 38.7 Å². The second-order valence-electron chi connectivity index (χ2n) is 7.40. The van der Waals surface area contributed by atoms with Gasteiger partial charge in [-0.2, -0.15) is 0 Å². The summed E-state index contributed by atoms with van der Waals surface area (Å²) in [6, 6.07) is 7.81. The lowest BCUT2D eigenvalue weighted by atomic mass is 10.2. The summed E-state index contributed by atoms with van der Waals surface area (Å²) in [5, 5.41) is 2.93. The largest absolute Gasteiger partial charge is 0.330 e. The summed E-state index contributed by atoms with van der Waals surface area (Å²) >= 11 is 0. The van der Waals surface area contributed by atoms with E-state index in [1.807, 2.05) is 28.8 Å². The number of para-hydroxylation sites is 2. The van der Waals surface area contributed by atoms with Crippen LogP contribution in [0.15, 0.2) is 52.6 Å². The van der Waals surface area contributed by atoms with Gasteiger partial charge in [-0.15, -0.1) is 4.40 Å². The second-order valence-corrected chi connectivity index (χ2v) is 9.16. The summed E-state index contributed by atoms with van der Waals surface area (Å²) in [4.78, 5) is 21.6. The first-order chi connectivity index (χ1) is 14.9. The number of benzene rings is 1. The van der Waals surface area contributed by atoms with Crippen LogP contribution in [0.5, 0.6) is 0 Å². The number of carbonyl (C=O) groups is 1. The van der Waals surface area contributed by atoms with Gasteiger partial charge >= 0.3 is 0 Å². The van der Waals surface area contributed by atoms with Crippen LogP contribution in [0.3, 0.4) is 0 Å². The molecule has 0 unspecified atom stereocenters. The van der Waals surface area contributed by atoms with Gasteiger partial charge in [-0.25, -0.2) is 13.4 Å². The van der Waals surface area contributed by atoms with Crippen LogP contribution in [-0.2, 0) is 21.4 Å². The number of rotatable bonds is 7. The molecular weight excluding hydrogens is 416 g/mol. The van der Waals surface area contributed by atoms with Crippen molar-refractivity contribution in [1.29, 1.82) is 0 Å². The molecule has 0 saturated carbocycles. The fraction of sp³-hybridized carbons (Fsp3) is 0.381. The third-order valence-corrected chi connectivity index (χ3v) is 6.66. The van der Waals surface area contributed by atoms with Crippen molar-refractivity contribution in [1.82, 2.24) is 19.4 Å². The highest BCUT2D eigenvalue weighted by Crippen LogP contribution is 2.21. The van der Waals surface area contributed by atoms with E-state index in [9.17, 15) is 13.2 Å². The zero-order valence-electron chi connectivity index (χ0n) is 17.7. The molecule has 0 atom stereocenters. The Morgan fingerprint density at radius 1 is 1.19 bits per heavy atom. The second kappa shape index (κ2) is 8.64. The summed E-state index contributed by atoms with van der Waals surface area (Å²) in [7, 11) is -3.43. The number of sulfonamides is 1. The van der Waals surface area contributed by atoms with E-state index in [0.29, 0.717) is 23.9 Å². The highest BCUT2D eigenvalue weighted by molar-refractivity contribution is 7.90. The molecule has 1 aromatic heterocycles. The van der Waals surface area contributed by atoms with Gasteiger partial charge in [0.05, 0.1) is 22.4 Å². The van der Waals surface area contributed by atoms with E-state index in [0.717, 1.165) is 30.7 Å². The minimum Gasteiger partial charge on any atom is -0.330 e. The number of carbonyl (C=O) groups excluding carboxylic acids is 1. The molecule has 164 valence electrons. The van der Waals surface area contributed by atoms with E-state index in [4.69, 9.17) is 0 Å². The Labute approximate surface area is 181 Å². The van der Waals surface area contributed by atoms with Crippen LogP contribution in [0.4, 0.5) is 5.95 Å². The number of anilines is 1. The zero-order valence-corrected chi connectivity index (χ0v) is 18.5. The molecule has 0 spiro atoms. The minimum atomic E-state index is -3.43. The number of nitrogens with zero attached hydrogens (tertiary/aromatic N) is 5. The summed E-state index contributed by atoms with van der Waals surface area (Å²) in [6.07, 6.45) is 4.76. The van der Waals surface area contributed by atoms with E-state index in [-0.39, 0.29) is 18.2 Å². The molecule has 0 saturated heterocycles. The average Bonchev–Trinajstić information content (AvgIpc) is 3.10. The first-order valence-electron chi connectivity index (χ1n) is 10.4. The summed E-state index contributed by atoms with van der Waals surface area (Å²) in [5.41, 5.74) is 2.20. The third-order valence-electron chi connectivity index (χ3n) is 5.50. The van der Waals surface area contributed by atoms with Crippen molar-refractivity contribution in [2.75, 3.05) is 37.2 Å². The number of nitrogens with one attached hydrogen (secondary N) is 1. The molecule has 9 nitrogen and oxygen atoms in total. The van der Waals surface area contributed by atoms with E-state index >= 15 is 0 Å². The van der Waals surface area contributed by atoms with E-state index < -0.39 is 10.0 Å². The molecule has 2 aliphatic rings. The molecule has 1 amide bonds. The third kappa shape index (κ3) is 4.54. The van der Waals surface area contributed by atoms with Crippen LogP contribution in [0.25, 0.3) is 11.0 Å². The first kappa shape index (κ1) is 21.3. The molecule has 1 aromatic carbocycles. The molecule has 0 aliphatic carbocycles. The van der Waals surface area contributed by atoms with Crippen LogP contribution in [0.1, 0.15) is 13.8 Å². The SMILES string of the molecule is CCN(CC)CCn1c(NC(=O)C2=CN3CCS(=O)(=O)N=C3C=C2)nc2ccccc21. The van der Waals surface area contributed by atoms with Gasteiger partial charge in [-0.1, -0.05) is 26.0 Å². The lowest BCUT2D eigenvalue weighted by Crippen LogP contribution is -2.37. The van der Waals surface area contributed by atoms with Crippen molar-refractivity contribution in [3.63, 3.8) is 0 Å². The number of hydrogen-bond donors (Lipinski definition) is 1. The molecule has 10 heteroatoms. The van der Waals surface area contributed by atoms with Gasteiger partial charge in [0.25, 0.3) is 15.9 Å². The smallest absolute Gasteiger partial charge is 0.259 e. The van der Waals surface area contributed by atoms with Gasteiger partial charge in [0, 0.05) is 25.8 Å². The van der Waals surface area contributed by atoms with E-state index in [1.165, 1.54) is 0 Å². The Morgan fingerprint density at radius 2 is 1.97 bits per heavy atom. The zero-order chi connectivity index (χ0) is 22.0. The number of hydrogen-bond acceptors (Lipinski definition) is 6. The predicted octanol–water partition coefficient (Wildman–Crippen LogP) is 1.81. The lowest BCUT2D eigenvalue weighted by Gasteiger charge is -2.27. The van der Waals surface area contributed by atoms with E-state index in [1.54, 1.807) is 23.3 Å². The number of amides is 1. The van der Waals surface area contributed by atoms with Crippen molar-refractivity contribution < 1.29 is 13.2 Å². The maximum Gasteiger partial charge on any atom is 0.259 e. The fourth-order valence-corrected chi connectivity index (χ4v) is 4.66. The van der Waals surface area contributed by atoms with Gasteiger partial charge in [0.15, 0.2) is 0 Å². The molecule has 3 heterocycles. The number of aromatic nitrogens is 2. The van der Waals surface area contributed by atoms with E-state index in [2.05, 4.69) is 33.4 Å². The molecule has 0 fully saturated rings. The quantitative estimate of drug-likeness (QED) is 0.702. The molecule has 1 N–H and O–H groups in total. The number of imidazole rings is 1. The Balaban J connectivity index is 1.57. The van der Waals surface area contributed by atoms with Gasteiger partial charge < -0.3 is 14.4 Å². The van der Waals surface area contributed by atoms with Crippen LogP contribution in [-0.4, -0.2) is 71.4 Å². The normalized spacial score (nSPS) is 17.5. The molecule has 2 aliphatic heterocycles. The monoisotopic (exact) mass is 442 g/mol. The van der Waals surface area contributed by atoms with Crippen LogP contribution >= 0.6 is 0 Å². The topological polar surface area (TPSA) is 99.9 Å².